The maximum absolute atomic E-state index is 11.7. The molecule has 2 aliphatic heterocycles. The average Bonchev–Trinajstić information content (AvgIpc) is 3.26. The van der Waals surface area contributed by atoms with Gasteiger partial charge in [-0.15, -0.1) is 0 Å². The molecule has 1 aliphatic carbocycles. The number of nitrogens with zero attached hydrogens (tertiary/aromatic N) is 5. The van der Waals surface area contributed by atoms with Crippen LogP contribution in [0.5, 0.6) is 5.75 Å². The first-order valence-electron chi connectivity index (χ1n) is 12.0. The lowest BCUT2D eigenvalue weighted by atomic mass is 10.2. The molecule has 1 unspecified atom stereocenters. The van der Waals surface area contributed by atoms with Crippen LogP contribution in [0.25, 0.3) is 0 Å². The summed E-state index contributed by atoms with van der Waals surface area (Å²) in [4.78, 5) is 13.6. The van der Waals surface area contributed by atoms with Gasteiger partial charge in [0.05, 0.1) is 17.9 Å². The standard InChI is InChI=1S/C24H32ClN5O3S/c1-3-17-11-26-24(27-12-17)29-14-19-20(15-29)21(19)16-33-23-5-4-18(10-22(23)25)13-28-6-8-30(9-7-28)34(2,31)32/h4-5,10-12,19-21H,3,6-9,13-16H2,1-2H3/t19-,20+,21?. The van der Waals surface area contributed by atoms with Crippen molar-refractivity contribution in [3.05, 3.63) is 46.7 Å². The molecule has 3 atom stereocenters. The number of benzene rings is 1. The first-order valence-corrected chi connectivity index (χ1v) is 14.2. The third-order valence-corrected chi connectivity index (χ3v) is 8.99. The average molecular weight is 506 g/mol. The second-order valence-electron chi connectivity index (χ2n) is 9.66. The molecule has 184 valence electrons. The molecular formula is C24H32ClN5O3S. The summed E-state index contributed by atoms with van der Waals surface area (Å²) in [6.45, 7) is 8.03. The highest BCUT2D eigenvalue weighted by Gasteiger charge is 2.56. The van der Waals surface area contributed by atoms with Crippen LogP contribution in [0, 0.1) is 17.8 Å². The number of piperidine rings is 1. The predicted molar refractivity (Wildman–Crippen MR) is 133 cm³/mol. The van der Waals surface area contributed by atoms with Gasteiger partial charge in [0.25, 0.3) is 0 Å². The summed E-state index contributed by atoms with van der Waals surface area (Å²) in [6.07, 6.45) is 6.07. The molecular weight excluding hydrogens is 474 g/mol. The van der Waals surface area contributed by atoms with Crippen LogP contribution in [-0.2, 0) is 23.0 Å². The number of hydrogen-bond donors (Lipinski definition) is 0. The fraction of sp³-hybridized carbons (Fsp3) is 0.583. The third-order valence-electron chi connectivity index (χ3n) is 7.39. The van der Waals surface area contributed by atoms with Crippen LogP contribution in [0.4, 0.5) is 5.95 Å². The lowest BCUT2D eigenvalue weighted by Crippen LogP contribution is -2.47. The molecule has 1 aromatic heterocycles. The molecule has 8 nitrogen and oxygen atoms in total. The number of fused-ring (bicyclic) bond motifs is 1. The number of aryl methyl sites for hydroxylation is 1. The van der Waals surface area contributed by atoms with E-state index in [9.17, 15) is 8.42 Å². The van der Waals surface area contributed by atoms with E-state index in [1.54, 1.807) is 0 Å². The lowest BCUT2D eigenvalue weighted by molar-refractivity contribution is 0.182. The molecule has 2 saturated heterocycles. The fourth-order valence-electron chi connectivity index (χ4n) is 5.18. The van der Waals surface area contributed by atoms with Gasteiger partial charge in [0, 0.05) is 64.1 Å². The summed E-state index contributed by atoms with van der Waals surface area (Å²) >= 11 is 6.53. The molecule has 10 heteroatoms. The number of aromatic nitrogens is 2. The van der Waals surface area contributed by atoms with Crippen LogP contribution in [0.15, 0.2) is 30.6 Å². The quantitative estimate of drug-likeness (QED) is 0.545. The smallest absolute Gasteiger partial charge is 0.225 e. The number of sulfonamides is 1. The second kappa shape index (κ2) is 9.60. The van der Waals surface area contributed by atoms with Crippen molar-refractivity contribution in [1.82, 2.24) is 19.2 Å². The van der Waals surface area contributed by atoms with Gasteiger partial charge < -0.3 is 9.64 Å². The van der Waals surface area contributed by atoms with Gasteiger partial charge in [-0.25, -0.2) is 18.4 Å². The Balaban J connectivity index is 1.08. The SMILES string of the molecule is CCc1cnc(N2C[C@@H]3C(COc4ccc(CN5CCN(S(C)(=O)=O)CC5)cc4Cl)[C@@H]3C2)nc1. The van der Waals surface area contributed by atoms with Gasteiger partial charge in [-0.2, -0.15) is 4.31 Å². The van der Waals surface area contributed by atoms with E-state index in [4.69, 9.17) is 16.3 Å². The molecule has 0 radical (unpaired) electrons. The van der Waals surface area contributed by atoms with Gasteiger partial charge in [0.1, 0.15) is 5.75 Å². The largest absolute Gasteiger partial charge is 0.492 e. The Hall–Kier alpha value is -1.94. The minimum atomic E-state index is -3.11. The van der Waals surface area contributed by atoms with E-state index in [-0.39, 0.29) is 0 Å². The minimum absolute atomic E-state index is 0.533. The van der Waals surface area contributed by atoms with Gasteiger partial charge in [0.15, 0.2) is 0 Å². The van der Waals surface area contributed by atoms with E-state index in [2.05, 4.69) is 32.8 Å². The molecule has 0 amide bonds. The van der Waals surface area contributed by atoms with Crippen LogP contribution >= 0.6 is 11.6 Å². The molecule has 0 spiro atoms. The van der Waals surface area contributed by atoms with Crippen LogP contribution in [0.1, 0.15) is 18.1 Å². The van der Waals surface area contributed by atoms with Crippen LogP contribution in [0.3, 0.4) is 0 Å². The van der Waals surface area contributed by atoms with Gasteiger partial charge >= 0.3 is 0 Å². The zero-order valence-electron chi connectivity index (χ0n) is 19.7. The lowest BCUT2D eigenvalue weighted by Gasteiger charge is -2.33. The van der Waals surface area contributed by atoms with Crippen molar-refractivity contribution in [2.24, 2.45) is 17.8 Å². The number of halogens is 1. The summed E-state index contributed by atoms with van der Waals surface area (Å²) < 4.78 is 31.0. The van der Waals surface area contributed by atoms with Gasteiger partial charge in [-0.1, -0.05) is 24.6 Å². The molecule has 3 fully saturated rings. The minimum Gasteiger partial charge on any atom is -0.492 e. The monoisotopic (exact) mass is 505 g/mol. The zero-order valence-corrected chi connectivity index (χ0v) is 21.3. The zero-order chi connectivity index (χ0) is 23.9. The van der Waals surface area contributed by atoms with Crippen molar-refractivity contribution in [1.29, 1.82) is 0 Å². The van der Waals surface area contributed by atoms with E-state index in [0.29, 0.717) is 42.5 Å². The maximum Gasteiger partial charge on any atom is 0.225 e. The molecule has 3 heterocycles. The summed E-state index contributed by atoms with van der Waals surface area (Å²) in [7, 11) is -3.11. The molecule has 5 rings (SSSR count). The Kier molecular flexibility index (Phi) is 6.72. The Morgan fingerprint density at radius 2 is 1.74 bits per heavy atom. The van der Waals surface area contributed by atoms with Crippen LogP contribution in [-0.4, -0.2) is 79.7 Å². The van der Waals surface area contributed by atoms with Gasteiger partial charge in [0.2, 0.25) is 16.0 Å². The van der Waals surface area contributed by atoms with E-state index < -0.39 is 10.0 Å². The number of hydrogen-bond acceptors (Lipinski definition) is 7. The summed E-state index contributed by atoms with van der Waals surface area (Å²) in [5, 5.41) is 0.629. The topological polar surface area (TPSA) is 78.9 Å². The van der Waals surface area contributed by atoms with Gasteiger partial charge in [-0.3, -0.25) is 4.90 Å². The predicted octanol–water partition coefficient (Wildman–Crippen LogP) is 2.53. The number of rotatable bonds is 8. The molecule has 3 aliphatic rings. The molecule has 1 saturated carbocycles. The van der Waals surface area contributed by atoms with E-state index in [1.807, 2.05) is 24.5 Å². The highest BCUT2D eigenvalue weighted by molar-refractivity contribution is 7.88. The summed E-state index contributed by atoms with van der Waals surface area (Å²) in [6, 6.07) is 5.97. The van der Waals surface area contributed by atoms with E-state index >= 15 is 0 Å². The Morgan fingerprint density at radius 3 is 2.32 bits per heavy atom. The van der Waals surface area contributed by atoms with Crippen molar-refractivity contribution in [3.8, 4) is 5.75 Å². The fourth-order valence-corrected chi connectivity index (χ4v) is 6.26. The molecule has 0 N–H and O–H groups in total. The first-order chi connectivity index (χ1) is 16.3. The van der Waals surface area contributed by atoms with Crippen molar-refractivity contribution in [2.75, 3.05) is 57.0 Å². The normalized spacial score (nSPS) is 25.4. The molecule has 34 heavy (non-hydrogen) atoms. The molecule has 1 aromatic carbocycles. The van der Waals surface area contributed by atoms with Crippen LogP contribution < -0.4 is 9.64 Å². The summed E-state index contributed by atoms with van der Waals surface area (Å²) in [5.74, 6) is 3.40. The van der Waals surface area contributed by atoms with Crippen molar-refractivity contribution in [2.45, 2.75) is 19.9 Å². The van der Waals surface area contributed by atoms with E-state index in [1.165, 1.54) is 10.6 Å². The third kappa shape index (κ3) is 5.17. The number of anilines is 1. The van der Waals surface area contributed by atoms with Crippen molar-refractivity contribution >= 4 is 27.6 Å². The highest BCUT2D eigenvalue weighted by atomic mass is 35.5. The molecule has 0 bridgehead atoms. The van der Waals surface area contributed by atoms with Crippen molar-refractivity contribution in [3.63, 3.8) is 0 Å². The Morgan fingerprint density at radius 1 is 1.06 bits per heavy atom. The van der Waals surface area contributed by atoms with Crippen LogP contribution in [0.2, 0.25) is 5.02 Å². The molecule has 2 aromatic rings. The number of ether oxygens (including phenoxy) is 1. The highest BCUT2D eigenvalue weighted by Crippen LogP contribution is 2.52. The second-order valence-corrected chi connectivity index (χ2v) is 12.0. The summed E-state index contributed by atoms with van der Waals surface area (Å²) in [5.41, 5.74) is 2.27. The maximum atomic E-state index is 11.7. The first kappa shape index (κ1) is 23.8. The Labute approximate surface area is 206 Å². The van der Waals surface area contributed by atoms with Crippen molar-refractivity contribution < 1.29 is 13.2 Å². The number of piperazine rings is 1. The van der Waals surface area contributed by atoms with E-state index in [0.717, 1.165) is 62.0 Å². The van der Waals surface area contributed by atoms with Gasteiger partial charge in [-0.05, 0) is 41.5 Å². The Bertz CT molecular complexity index is 1110.